The van der Waals surface area contributed by atoms with E-state index in [1.165, 1.54) is 0 Å². The van der Waals surface area contributed by atoms with Crippen molar-refractivity contribution in [1.82, 2.24) is 4.90 Å². The van der Waals surface area contributed by atoms with Gasteiger partial charge < -0.3 is 26.2 Å². The van der Waals surface area contributed by atoms with E-state index in [1.54, 1.807) is 0 Å². The highest BCUT2D eigenvalue weighted by atomic mass is 16.5. The molecule has 0 aliphatic rings. The molecule has 0 spiro atoms. The molecule has 0 aromatic rings. The lowest BCUT2D eigenvalue weighted by atomic mass is 10.4. The molecule has 80 valence electrons. The molecule has 0 rings (SSSR count). The molecule has 5 heteroatoms. The Morgan fingerprint density at radius 3 is 2.54 bits per heavy atom. The molecule has 0 saturated heterocycles. The van der Waals surface area contributed by atoms with Gasteiger partial charge in [0.15, 0.2) is 0 Å². The van der Waals surface area contributed by atoms with Crippen LogP contribution in [0.4, 0.5) is 0 Å². The number of nitrogens with zero attached hydrogens (tertiary/aromatic N) is 1. The number of rotatable bonds is 8. The predicted octanol–water partition coefficient (Wildman–Crippen LogP) is -1.44. The number of likely N-dealkylation sites (N-methyl/N-ethyl adjacent to an activating group) is 1. The van der Waals surface area contributed by atoms with Crippen molar-refractivity contribution in [2.75, 3.05) is 40.0 Å². The van der Waals surface area contributed by atoms with Crippen molar-refractivity contribution in [3.05, 3.63) is 0 Å². The summed E-state index contributed by atoms with van der Waals surface area (Å²) in [5.74, 6) is 0. The zero-order chi connectivity index (χ0) is 10.1. The van der Waals surface area contributed by atoms with Gasteiger partial charge in [-0.25, -0.2) is 0 Å². The zero-order valence-electron chi connectivity index (χ0n) is 8.28. The Labute approximate surface area is 79.6 Å². The van der Waals surface area contributed by atoms with Crippen molar-refractivity contribution in [3.63, 3.8) is 0 Å². The van der Waals surface area contributed by atoms with Crippen molar-refractivity contribution < 1.29 is 9.84 Å². The first-order chi connectivity index (χ1) is 6.16. The Hall–Kier alpha value is -0.200. The van der Waals surface area contributed by atoms with Crippen LogP contribution >= 0.6 is 0 Å². The van der Waals surface area contributed by atoms with Crippen LogP contribution in [0, 0.1) is 0 Å². The van der Waals surface area contributed by atoms with E-state index in [-0.39, 0.29) is 12.8 Å². The molecule has 13 heavy (non-hydrogen) atoms. The van der Waals surface area contributed by atoms with E-state index in [2.05, 4.69) is 0 Å². The van der Waals surface area contributed by atoms with Crippen LogP contribution in [0.2, 0.25) is 0 Å². The highest BCUT2D eigenvalue weighted by Crippen LogP contribution is 1.86. The van der Waals surface area contributed by atoms with E-state index < -0.39 is 0 Å². The summed E-state index contributed by atoms with van der Waals surface area (Å²) in [7, 11) is 1.94. The zero-order valence-corrected chi connectivity index (χ0v) is 8.28. The molecule has 0 radical (unpaired) electrons. The maximum absolute atomic E-state index is 8.60. The molecule has 0 aliphatic carbocycles. The number of aliphatic hydroxyl groups is 1. The van der Waals surface area contributed by atoms with Gasteiger partial charge in [-0.1, -0.05) is 0 Å². The van der Waals surface area contributed by atoms with Gasteiger partial charge in [0.05, 0.1) is 19.4 Å². The van der Waals surface area contributed by atoms with Crippen molar-refractivity contribution in [1.29, 1.82) is 0 Å². The van der Waals surface area contributed by atoms with Crippen LogP contribution in [0.3, 0.4) is 0 Å². The Morgan fingerprint density at radius 2 is 2.00 bits per heavy atom. The van der Waals surface area contributed by atoms with Gasteiger partial charge in [0.2, 0.25) is 0 Å². The van der Waals surface area contributed by atoms with E-state index in [1.807, 2.05) is 11.9 Å². The average molecular weight is 191 g/mol. The van der Waals surface area contributed by atoms with E-state index in [0.717, 1.165) is 6.54 Å². The molecule has 0 atom stereocenters. The second-order valence-electron chi connectivity index (χ2n) is 3.09. The third kappa shape index (κ3) is 9.72. The van der Waals surface area contributed by atoms with Crippen LogP contribution in [0.25, 0.3) is 0 Å². The molecule has 5 N–H and O–H groups in total. The standard InChI is InChI=1S/C8H21N3O2/c1-11(3-5-12)4-7-13-6-2-8(9)10/h8,12H,2-7,9-10H2,1H3. The number of hydrogen-bond acceptors (Lipinski definition) is 5. The van der Waals surface area contributed by atoms with Gasteiger partial charge in [0.1, 0.15) is 0 Å². The second kappa shape index (κ2) is 8.40. The summed E-state index contributed by atoms with van der Waals surface area (Å²) in [5, 5.41) is 8.60. The van der Waals surface area contributed by atoms with Gasteiger partial charge in [-0.05, 0) is 13.5 Å². The Kier molecular flexibility index (Phi) is 8.27. The van der Waals surface area contributed by atoms with Crippen LogP contribution in [0.1, 0.15) is 6.42 Å². The van der Waals surface area contributed by atoms with Gasteiger partial charge in [-0.2, -0.15) is 0 Å². The fourth-order valence-electron chi connectivity index (χ4n) is 0.824. The molecule has 0 bridgehead atoms. The third-order valence-electron chi connectivity index (χ3n) is 1.69. The first-order valence-electron chi connectivity index (χ1n) is 4.55. The minimum atomic E-state index is -0.282. The van der Waals surface area contributed by atoms with Gasteiger partial charge >= 0.3 is 0 Å². The molecule has 5 nitrogen and oxygen atoms in total. The lowest BCUT2D eigenvalue weighted by molar-refractivity contribution is 0.100. The van der Waals surface area contributed by atoms with Crippen LogP contribution < -0.4 is 11.5 Å². The molecule has 0 aromatic heterocycles. The first-order valence-corrected chi connectivity index (χ1v) is 4.55. The van der Waals surface area contributed by atoms with Gasteiger partial charge in [-0.15, -0.1) is 0 Å². The SMILES string of the molecule is CN(CCO)CCOCCC(N)N. The Balaban J connectivity index is 3.06. The molecule has 0 fully saturated rings. The molecule has 0 aromatic carbocycles. The summed E-state index contributed by atoms with van der Waals surface area (Å²) in [6.07, 6.45) is 0.402. The van der Waals surface area contributed by atoms with Gasteiger partial charge in [-0.3, -0.25) is 0 Å². The summed E-state index contributed by atoms with van der Waals surface area (Å²) in [5.41, 5.74) is 10.7. The maximum atomic E-state index is 8.60. The average Bonchev–Trinajstić information content (AvgIpc) is 2.03. The Morgan fingerprint density at radius 1 is 1.31 bits per heavy atom. The van der Waals surface area contributed by atoms with Gasteiger partial charge in [0.25, 0.3) is 0 Å². The minimum absolute atomic E-state index is 0.185. The smallest absolute Gasteiger partial charge is 0.0593 e. The minimum Gasteiger partial charge on any atom is -0.395 e. The van der Waals surface area contributed by atoms with E-state index in [4.69, 9.17) is 21.3 Å². The highest BCUT2D eigenvalue weighted by Gasteiger charge is 1.97. The summed E-state index contributed by atoms with van der Waals surface area (Å²) >= 11 is 0. The molecule has 0 amide bonds. The van der Waals surface area contributed by atoms with Gasteiger partial charge in [0, 0.05) is 19.7 Å². The number of nitrogens with two attached hydrogens (primary N) is 2. The molecule has 0 heterocycles. The molecule has 0 saturated carbocycles. The van der Waals surface area contributed by atoms with E-state index in [0.29, 0.717) is 26.2 Å². The van der Waals surface area contributed by atoms with Crippen LogP contribution in [-0.2, 0) is 4.74 Å². The fraction of sp³-hybridized carbons (Fsp3) is 1.00. The fourth-order valence-corrected chi connectivity index (χ4v) is 0.824. The number of aliphatic hydroxyl groups excluding tert-OH is 1. The van der Waals surface area contributed by atoms with Crippen molar-refractivity contribution >= 4 is 0 Å². The van der Waals surface area contributed by atoms with Crippen LogP contribution in [0.15, 0.2) is 0 Å². The molecular weight excluding hydrogens is 170 g/mol. The number of hydrogen-bond donors (Lipinski definition) is 3. The largest absolute Gasteiger partial charge is 0.395 e. The van der Waals surface area contributed by atoms with Crippen molar-refractivity contribution in [2.45, 2.75) is 12.6 Å². The van der Waals surface area contributed by atoms with E-state index in [9.17, 15) is 0 Å². The van der Waals surface area contributed by atoms with Crippen molar-refractivity contribution in [3.8, 4) is 0 Å². The summed E-state index contributed by atoms with van der Waals surface area (Å²) < 4.78 is 5.28. The van der Waals surface area contributed by atoms with Crippen LogP contribution in [-0.4, -0.2) is 56.1 Å². The molecule has 0 unspecified atom stereocenters. The van der Waals surface area contributed by atoms with E-state index >= 15 is 0 Å². The summed E-state index contributed by atoms with van der Waals surface area (Å²) in [6, 6.07) is 0. The second-order valence-corrected chi connectivity index (χ2v) is 3.09. The summed E-state index contributed by atoms with van der Waals surface area (Å²) in [6.45, 7) is 2.94. The highest BCUT2D eigenvalue weighted by molar-refractivity contribution is 4.51. The topological polar surface area (TPSA) is 84.7 Å². The monoisotopic (exact) mass is 191 g/mol. The van der Waals surface area contributed by atoms with Crippen molar-refractivity contribution in [2.24, 2.45) is 11.5 Å². The maximum Gasteiger partial charge on any atom is 0.0593 e. The predicted molar refractivity (Wildman–Crippen MR) is 52.2 cm³/mol. The van der Waals surface area contributed by atoms with Crippen LogP contribution in [0.5, 0.6) is 0 Å². The normalized spacial score (nSPS) is 11.5. The quantitative estimate of drug-likeness (QED) is 0.323. The third-order valence-corrected chi connectivity index (χ3v) is 1.69. The number of ether oxygens (including phenoxy) is 1. The molecular formula is C8H21N3O2. The first kappa shape index (κ1) is 12.8. The lowest BCUT2D eigenvalue weighted by Gasteiger charge is -2.14. The lowest BCUT2D eigenvalue weighted by Crippen LogP contribution is -2.32. The summed E-state index contributed by atoms with van der Waals surface area (Å²) in [4.78, 5) is 2.00. The molecule has 0 aliphatic heterocycles. The Bertz CT molecular complexity index is 112.